The van der Waals surface area contributed by atoms with E-state index in [1.54, 1.807) is 31.2 Å². The highest BCUT2D eigenvalue weighted by molar-refractivity contribution is 6.30. The summed E-state index contributed by atoms with van der Waals surface area (Å²) in [5.74, 6) is -0.397. The molecule has 0 fully saturated rings. The van der Waals surface area contributed by atoms with Crippen molar-refractivity contribution in [1.29, 1.82) is 0 Å². The second-order valence-corrected chi connectivity index (χ2v) is 8.91. The van der Waals surface area contributed by atoms with Crippen molar-refractivity contribution in [3.63, 3.8) is 0 Å². The number of nitrogens with zero attached hydrogens (tertiary/aromatic N) is 3. The molecule has 0 unspecified atom stereocenters. The number of aromatic nitrogens is 2. The minimum absolute atomic E-state index is 0.110. The van der Waals surface area contributed by atoms with E-state index >= 15 is 0 Å². The first kappa shape index (κ1) is 27.9. The van der Waals surface area contributed by atoms with Crippen LogP contribution in [0.5, 0.6) is 11.6 Å². The van der Waals surface area contributed by atoms with Gasteiger partial charge in [-0.15, -0.1) is 13.2 Å². The number of hydrogen-bond acceptors (Lipinski definition) is 6. The number of ketones is 1. The largest absolute Gasteiger partial charge is 0.573 e. The Labute approximate surface area is 226 Å². The molecule has 12 heteroatoms. The first-order valence-electron chi connectivity index (χ1n) is 11.6. The Morgan fingerprint density at radius 1 is 1.10 bits per heavy atom. The van der Waals surface area contributed by atoms with E-state index in [1.807, 2.05) is 16.7 Å². The number of carbonyl (C=O) groups is 1. The smallest absolute Gasteiger partial charge is 0.481 e. The molecule has 2 heterocycles. The zero-order valence-corrected chi connectivity index (χ0v) is 21.7. The van der Waals surface area contributed by atoms with Gasteiger partial charge in [-0.3, -0.25) is 4.79 Å². The SMILES string of the molecule is COc1cc(N=C(N)COCC(=O)c2c(C)n(Cc3ccc(Cl)cc3)c3ccc(OC(F)(F)F)cc23)ccn1. The highest BCUT2D eigenvalue weighted by atomic mass is 35.5. The zero-order chi connectivity index (χ0) is 28.2. The second-order valence-electron chi connectivity index (χ2n) is 8.48. The number of alkyl halides is 3. The van der Waals surface area contributed by atoms with Crippen molar-refractivity contribution in [2.75, 3.05) is 20.3 Å². The zero-order valence-electron chi connectivity index (χ0n) is 21.0. The molecule has 0 amide bonds. The van der Waals surface area contributed by atoms with Crippen molar-refractivity contribution >= 4 is 39.8 Å². The molecule has 204 valence electrons. The summed E-state index contributed by atoms with van der Waals surface area (Å²) in [4.78, 5) is 21.5. The van der Waals surface area contributed by atoms with Gasteiger partial charge in [-0.2, -0.15) is 0 Å². The molecule has 0 aliphatic rings. The molecule has 4 rings (SSSR count). The number of ether oxygens (including phenoxy) is 3. The molecule has 0 spiro atoms. The lowest BCUT2D eigenvalue weighted by Gasteiger charge is -2.10. The summed E-state index contributed by atoms with van der Waals surface area (Å²) in [6, 6.07) is 14.3. The van der Waals surface area contributed by atoms with E-state index in [-0.39, 0.29) is 24.6 Å². The fourth-order valence-electron chi connectivity index (χ4n) is 4.09. The molecule has 0 radical (unpaired) electrons. The van der Waals surface area contributed by atoms with Crippen molar-refractivity contribution in [2.24, 2.45) is 10.7 Å². The maximum atomic E-state index is 13.3. The summed E-state index contributed by atoms with van der Waals surface area (Å²) in [6.07, 6.45) is -3.37. The van der Waals surface area contributed by atoms with Gasteiger partial charge < -0.3 is 24.5 Å². The Hall–Kier alpha value is -4.09. The predicted octanol–water partition coefficient (Wildman–Crippen LogP) is 5.84. The van der Waals surface area contributed by atoms with Gasteiger partial charge in [-0.1, -0.05) is 23.7 Å². The molecule has 2 N–H and O–H groups in total. The van der Waals surface area contributed by atoms with Crippen LogP contribution < -0.4 is 15.2 Å². The van der Waals surface area contributed by atoms with Gasteiger partial charge >= 0.3 is 6.36 Å². The van der Waals surface area contributed by atoms with Crippen LogP contribution in [-0.4, -0.2) is 47.9 Å². The summed E-state index contributed by atoms with van der Waals surface area (Å²) in [5, 5.41) is 0.878. The predicted molar refractivity (Wildman–Crippen MR) is 141 cm³/mol. The average Bonchev–Trinajstić information content (AvgIpc) is 3.14. The van der Waals surface area contributed by atoms with E-state index < -0.39 is 17.9 Å². The number of hydrogen-bond donors (Lipinski definition) is 1. The maximum absolute atomic E-state index is 13.3. The number of benzene rings is 2. The second kappa shape index (κ2) is 11.7. The van der Waals surface area contributed by atoms with Crippen LogP contribution in [0.2, 0.25) is 5.02 Å². The number of pyridine rings is 1. The molecule has 0 aliphatic heterocycles. The molecule has 39 heavy (non-hydrogen) atoms. The summed E-state index contributed by atoms with van der Waals surface area (Å²) in [7, 11) is 1.47. The lowest BCUT2D eigenvalue weighted by atomic mass is 10.1. The topological polar surface area (TPSA) is 101 Å². The van der Waals surface area contributed by atoms with Crippen LogP contribution in [0, 0.1) is 6.92 Å². The summed E-state index contributed by atoms with van der Waals surface area (Å²) in [6.45, 7) is 1.56. The van der Waals surface area contributed by atoms with Gasteiger partial charge in [0.15, 0.2) is 5.78 Å². The highest BCUT2D eigenvalue weighted by Crippen LogP contribution is 2.33. The van der Waals surface area contributed by atoms with E-state index in [1.165, 1.54) is 31.5 Å². The van der Waals surface area contributed by atoms with E-state index in [0.717, 1.165) is 5.56 Å². The van der Waals surface area contributed by atoms with Crippen molar-refractivity contribution in [2.45, 2.75) is 19.8 Å². The van der Waals surface area contributed by atoms with Gasteiger partial charge in [0, 0.05) is 46.0 Å². The third kappa shape index (κ3) is 7.06. The van der Waals surface area contributed by atoms with Crippen molar-refractivity contribution in [3.05, 3.63) is 82.6 Å². The van der Waals surface area contributed by atoms with Crippen LogP contribution in [-0.2, 0) is 11.3 Å². The Morgan fingerprint density at radius 2 is 1.85 bits per heavy atom. The first-order chi connectivity index (χ1) is 18.5. The van der Waals surface area contributed by atoms with Gasteiger partial charge in [-0.05, 0) is 48.9 Å². The Kier molecular flexibility index (Phi) is 8.41. The fraction of sp³-hybridized carbons (Fsp3) is 0.222. The van der Waals surface area contributed by atoms with E-state index in [9.17, 15) is 18.0 Å². The monoisotopic (exact) mass is 560 g/mol. The van der Waals surface area contributed by atoms with Crippen LogP contribution in [0.4, 0.5) is 18.9 Å². The molecule has 2 aromatic heterocycles. The van der Waals surface area contributed by atoms with Crippen molar-refractivity contribution in [3.8, 4) is 11.6 Å². The van der Waals surface area contributed by atoms with Gasteiger partial charge in [0.05, 0.1) is 12.8 Å². The third-order valence-corrected chi connectivity index (χ3v) is 6.00. The number of halogens is 4. The Morgan fingerprint density at radius 3 is 2.54 bits per heavy atom. The van der Waals surface area contributed by atoms with Gasteiger partial charge in [-0.25, -0.2) is 9.98 Å². The minimum Gasteiger partial charge on any atom is -0.481 e. The number of Topliss-reactive ketones (excluding diaryl/α,β-unsaturated/α-hetero) is 1. The molecule has 4 aromatic rings. The summed E-state index contributed by atoms with van der Waals surface area (Å²) in [5.41, 5.74) is 8.67. The fourth-order valence-corrected chi connectivity index (χ4v) is 4.21. The molecular weight excluding hydrogens is 537 g/mol. The number of rotatable bonds is 10. The number of aliphatic imine (C=N–C) groups is 1. The van der Waals surface area contributed by atoms with E-state index in [0.29, 0.717) is 39.7 Å². The molecular formula is C27H24ClF3N4O4. The average molecular weight is 561 g/mol. The third-order valence-electron chi connectivity index (χ3n) is 5.74. The van der Waals surface area contributed by atoms with Crippen molar-refractivity contribution in [1.82, 2.24) is 9.55 Å². The lowest BCUT2D eigenvalue weighted by molar-refractivity contribution is -0.274. The molecule has 0 aliphatic carbocycles. The van der Waals surface area contributed by atoms with Crippen molar-refractivity contribution < 1.29 is 32.2 Å². The van der Waals surface area contributed by atoms with Crippen LogP contribution in [0.3, 0.4) is 0 Å². The Balaban J connectivity index is 1.59. The van der Waals surface area contributed by atoms with Crippen LogP contribution in [0.25, 0.3) is 10.9 Å². The number of methoxy groups -OCH3 is 1. The maximum Gasteiger partial charge on any atom is 0.573 e. The molecule has 0 bridgehead atoms. The summed E-state index contributed by atoms with van der Waals surface area (Å²) >= 11 is 5.99. The van der Waals surface area contributed by atoms with E-state index in [2.05, 4.69) is 14.7 Å². The van der Waals surface area contributed by atoms with Crippen LogP contribution >= 0.6 is 11.6 Å². The highest BCUT2D eigenvalue weighted by Gasteiger charge is 2.31. The standard InChI is InChI=1S/C27H24ClF3N4O4/c1-16-26(23(36)14-38-15-24(32)34-19-9-10-33-25(11-19)37-2)21-12-20(39-27(29,30)31)7-8-22(21)35(16)13-17-3-5-18(28)6-4-17/h3-12H,13-15H2,1-2H3,(H2,32,33,34). The normalized spacial score (nSPS) is 12.1. The van der Waals surface area contributed by atoms with Crippen LogP contribution in [0.1, 0.15) is 21.6 Å². The lowest BCUT2D eigenvalue weighted by Crippen LogP contribution is -2.21. The number of amidine groups is 1. The van der Waals surface area contributed by atoms with Gasteiger partial charge in [0.25, 0.3) is 0 Å². The Bertz CT molecular complexity index is 1520. The van der Waals surface area contributed by atoms with Gasteiger partial charge in [0.2, 0.25) is 5.88 Å². The first-order valence-corrected chi connectivity index (χ1v) is 12.0. The molecule has 2 aromatic carbocycles. The van der Waals surface area contributed by atoms with Crippen LogP contribution in [0.15, 0.2) is 65.8 Å². The number of carbonyl (C=O) groups excluding carboxylic acids is 1. The summed E-state index contributed by atoms with van der Waals surface area (Å²) < 4.78 is 55.2. The number of nitrogens with two attached hydrogens (primary N) is 1. The van der Waals surface area contributed by atoms with E-state index in [4.69, 9.17) is 26.8 Å². The molecule has 8 nitrogen and oxygen atoms in total. The van der Waals surface area contributed by atoms with Gasteiger partial charge in [0.1, 0.15) is 24.8 Å². The molecule has 0 atom stereocenters. The number of fused-ring (bicyclic) bond motifs is 1. The molecule has 0 saturated heterocycles. The molecule has 0 saturated carbocycles. The quantitative estimate of drug-likeness (QED) is 0.148. The minimum atomic E-state index is -4.88.